The Balaban J connectivity index is 2.92. The molecule has 0 aromatic heterocycles. The fourth-order valence-electron chi connectivity index (χ4n) is 1.40. The Morgan fingerprint density at radius 2 is 2.10 bits per heavy atom. The highest BCUT2D eigenvalue weighted by Gasteiger charge is 2.25. The molecule has 0 atom stereocenters. The van der Waals surface area contributed by atoms with E-state index in [2.05, 4.69) is 20.7 Å². The lowest BCUT2D eigenvalue weighted by Crippen LogP contribution is -2.28. The van der Waals surface area contributed by atoms with Crippen LogP contribution >= 0.6 is 15.9 Å². The van der Waals surface area contributed by atoms with E-state index in [1.54, 1.807) is 0 Å². The van der Waals surface area contributed by atoms with Crippen molar-refractivity contribution in [3.8, 4) is 0 Å². The Morgan fingerprint density at radius 1 is 1.45 bits per heavy atom. The standard InChI is InChI=1S/C11H15BrN2O5S/c1-8(2)19-6-5-13-20(17,18)11-7-9(12)3-4-10(11)14(15)16/h3-4,7-8,13H,5-6H2,1-2H3. The Hall–Kier alpha value is -1.03. The van der Waals surface area contributed by atoms with E-state index in [9.17, 15) is 18.5 Å². The van der Waals surface area contributed by atoms with Gasteiger partial charge in [0.15, 0.2) is 4.90 Å². The maximum atomic E-state index is 12.1. The molecule has 0 amide bonds. The van der Waals surface area contributed by atoms with Crippen LogP contribution in [0.15, 0.2) is 27.6 Å². The molecule has 0 aliphatic rings. The Kier molecular flexibility index (Phi) is 6.06. The van der Waals surface area contributed by atoms with Crippen LogP contribution in [0.25, 0.3) is 0 Å². The second-order valence-corrected chi connectivity index (χ2v) is 6.84. The minimum absolute atomic E-state index is 0.0142. The van der Waals surface area contributed by atoms with Crippen molar-refractivity contribution >= 4 is 31.6 Å². The maximum absolute atomic E-state index is 12.1. The number of nitro groups is 1. The minimum Gasteiger partial charge on any atom is -0.377 e. The first-order valence-corrected chi connectivity index (χ1v) is 8.07. The van der Waals surface area contributed by atoms with E-state index in [0.29, 0.717) is 4.47 Å². The molecule has 0 aliphatic carbocycles. The van der Waals surface area contributed by atoms with E-state index < -0.39 is 20.6 Å². The number of sulfonamides is 1. The number of ether oxygens (including phenoxy) is 1. The molecule has 1 aromatic rings. The summed E-state index contributed by atoms with van der Waals surface area (Å²) in [5, 5.41) is 10.9. The van der Waals surface area contributed by atoms with Gasteiger partial charge in [-0.25, -0.2) is 13.1 Å². The third-order valence-corrected chi connectivity index (χ3v) is 4.24. The summed E-state index contributed by atoms with van der Waals surface area (Å²) in [5.41, 5.74) is -0.467. The van der Waals surface area contributed by atoms with Crippen molar-refractivity contribution in [3.63, 3.8) is 0 Å². The molecule has 0 heterocycles. The second-order valence-electron chi connectivity index (χ2n) is 4.19. The third kappa shape index (κ3) is 4.82. The molecule has 0 bridgehead atoms. The first-order valence-electron chi connectivity index (χ1n) is 5.79. The van der Waals surface area contributed by atoms with Gasteiger partial charge < -0.3 is 4.74 Å². The summed E-state index contributed by atoms with van der Waals surface area (Å²) in [4.78, 5) is 9.77. The van der Waals surface area contributed by atoms with E-state index in [1.807, 2.05) is 13.8 Å². The van der Waals surface area contributed by atoms with Gasteiger partial charge in [-0.3, -0.25) is 10.1 Å². The van der Waals surface area contributed by atoms with Crippen molar-refractivity contribution < 1.29 is 18.1 Å². The fraction of sp³-hybridized carbons (Fsp3) is 0.455. The van der Waals surface area contributed by atoms with Crippen LogP contribution in [0.2, 0.25) is 0 Å². The molecule has 7 nitrogen and oxygen atoms in total. The molecule has 0 fully saturated rings. The number of nitrogens with zero attached hydrogens (tertiary/aromatic N) is 1. The van der Waals surface area contributed by atoms with Gasteiger partial charge in [-0.05, 0) is 26.0 Å². The van der Waals surface area contributed by atoms with Crippen LogP contribution in [0.5, 0.6) is 0 Å². The Bertz CT molecular complexity index is 588. The number of hydrogen-bond acceptors (Lipinski definition) is 5. The normalized spacial score (nSPS) is 11.8. The molecule has 112 valence electrons. The number of hydrogen-bond donors (Lipinski definition) is 1. The van der Waals surface area contributed by atoms with Gasteiger partial charge in [0, 0.05) is 17.1 Å². The van der Waals surface area contributed by atoms with E-state index in [-0.39, 0.29) is 24.2 Å². The molecular weight excluding hydrogens is 352 g/mol. The summed E-state index contributed by atoms with van der Waals surface area (Å²) in [6.45, 7) is 3.89. The van der Waals surface area contributed by atoms with E-state index >= 15 is 0 Å². The molecule has 1 aromatic carbocycles. The highest BCUT2D eigenvalue weighted by Crippen LogP contribution is 2.26. The monoisotopic (exact) mass is 366 g/mol. The lowest BCUT2D eigenvalue weighted by molar-refractivity contribution is -0.387. The molecule has 1 N–H and O–H groups in total. The average Bonchev–Trinajstić information content (AvgIpc) is 2.34. The lowest BCUT2D eigenvalue weighted by atomic mass is 10.3. The zero-order valence-corrected chi connectivity index (χ0v) is 13.4. The number of nitro benzene ring substituents is 1. The molecule has 0 unspecified atom stereocenters. The number of rotatable bonds is 7. The van der Waals surface area contributed by atoms with Crippen LogP contribution in [0.4, 0.5) is 5.69 Å². The summed E-state index contributed by atoms with van der Waals surface area (Å²) >= 11 is 3.10. The lowest BCUT2D eigenvalue weighted by Gasteiger charge is -2.09. The molecular formula is C11H15BrN2O5S. The summed E-state index contributed by atoms with van der Waals surface area (Å²) in [5.74, 6) is 0. The highest BCUT2D eigenvalue weighted by molar-refractivity contribution is 9.10. The van der Waals surface area contributed by atoms with Crippen LogP contribution in [0.1, 0.15) is 13.8 Å². The molecule has 1 rings (SSSR count). The summed E-state index contributed by atoms with van der Waals surface area (Å²) in [7, 11) is -3.96. The smallest absolute Gasteiger partial charge is 0.289 e. The van der Waals surface area contributed by atoms with Crippen LogP contribution in [-0.2, 0) is 14.8 Å². The van der Waals surface area contributed by atoms with Gasteiger partial charge >= 0.3 is 0 Å². The van der Waals surface area contributed by atoms with E-state index in [4.69, 9.17) is 4.74 Å². The Morgan fingerprint density at radius 3 is 2.65 bits per heavy atom. The van der Waals surface area contributed by atoms with Crippen LogP contribution in [0, 0.1) is 10.1 Å². The predicted molar refractivity (Wildman–Crippen MR) is 77.1 cm³/mol. The molecule has 0 radical (unpaired) electrons. The summed E-state index contributed by atoms with van der Waals surface area (Å²) in [6.07, 6.45) is -0.0142. The third-order valence-electron chi connectivity index (χ3n) is 2.25. The van der Waals surface area contributed by atoms with Crippen molar-refractivity contribution in [1.29, 1.82) is 0 Å². The second kappa shape index (κ2) is 7.11. The minimum atomic E-state index is -3.96. The van der Waals surface area contributed by atoms with Crippen molar-refractivity contribution in [3.05, 3.63) is 32.8 Å². The molecule has 20 heavy (non-hydrogen) atoms. The van der Waals surface area contributed by atoms with E-state index in [1.165, 1.54) is 12.1 Å². The highest BCUT2D eigenvalue weighted by atomic mass is 79.9. The van der Waals surface area contributed by atoms with Gasteiger partial charge in [0.2, 0.25) is 10.0 Å². The first-order chi connectivity index (χ1) is 9.24. The van der Waals surface area contributed by atoms with Gasteiger partial charge in [0.05, 0.1) is 17.6 Å². The SMILES string of the molecule is CC(C)OCCNS(=O)(=O)c1cc(Br)ccc1[N+](=O)[O-]. The zero-order chi connectivity index (χ0) is 15.3. The molecule has 9 heteroatoms. The molecule has 0 saturated carbocycles. The van der Waals surface area contributed by atoms with Crippen molar-refractivity contribution in [2.75, 3.05) is 13.2 Å². The largest absolute Gasteiger partial charge is 0.377 e. The maximum Gasteiger partial charge on any atom is 0.289 e. The van der Waals surface area contributed by atoms with Crippen LogP contribution in [0.3, 0.4) is 0 Å². The van der Waals surface area contributed by atoms with Crippen molar-refractivity contribution in [2.24, 2.45) is 0 Å². The number of halogens is 1. The van der Waals surface area contributed by atoms with Crippen LogP contribution in [-0.4, -0.2) is 32.6 Å². The summed E-state index contributed by atoms with van der Waals surface area (Å²) in [6, 6.07) is 3.76. The van der Waals surface area contributed by atoms with Gasteiger partial charge in [0.25, 0.3) is 5.69 Å². The van der Waals surface area contributed by atoms with Gasteiger partial charge in [-0.1, -0.05) is 15.9 Å². The Labute approximate surface area is 125 Å². The summed E-state index contributed by atoms with van der Waals surface area (Å²) < 4.78 is 32.1. The quantitative estimate of drug-likeness (QED) is 0.452. The topological polar surface area (TPSA) is 98.5 Å². The fourth-order valence-corrected chi connectivity index (χ4v) is 3.12. The van der Waals surface area contributed by atoms with Crippen LogP contribution < -0.4 is 4.72 Å². The number of benzene rings is 1. The van der Waals surface area contributed by atoms with Gasteiger partial charge in [-0.2, -0.15) is 0 Å². The van der Waals surface area contributed by atoms with Gasteiger partial charge in [-0.15, -0.1) is 0 Å². The van der Waals surface area contributed by atoms with E-state index in [0.717, 1.165) is 6.07 Å². The molecule has 0 spiro atoms. The van der Waals surface area contributed by atoms with Gasteiger partial charge in [0.1, 0.15) is 0 Å². The predicted octanol–water partition coefficient (Wildman–Crippen LogP) is 2.06. The first kappa shape index (κ1) is 17.0. The average molecular weight is 367 g/mol. The molecule has 0 aliphatic heterocycles. The molecule has 0 saturated heterocycles. The van der Waals surface area contributed by atoms with Crippen molar-refractivity contribution in [1.82, 2.24) is 4.72 Å². The number of nitrogens with one attached hydrogen (secondary N) is 1. The van der Waals surface area contributed by atoms with Crippen molar-refractivity contribution in [2.45, 2.75) is 24.8 Å². The zero-order valence-electron chi connectivity index (χ0n) is 11.0.